The second-order valence-corrected chi connectivity index (χ2v) is 4.05. The van der Waals surface area contributed by atoms with Gasteiger partial charge in [-0.15, -0.1) is 0 Å². The lowest BCUT2D eigenvalue weighted by atomic mass is 10.2. The van der Waals surface area contributed by atoms with Crippen molar-refractivity contribution in [1.82, 2.24) is 0 Å². The molecular weight excluding hydrogens is 210 g/mol. The van der Waals surface area contributed by atoms with Crippen LogP contribution in [-0.2, 0) is 6.54 Å². The maximum atomic E-state index is 3.77. The zero-order valence-corrected chi connectivity index (χ0v) is 10.2. The van der Waals surface area contributed by atoms with Crippen LogP contribution in [0.3, 0.4) is 0 Å². The summed E-state index contributed by atoms with van der Waals surface area (Å²) in [6, 6.07) is 10.6. The summed E-state index contributed by atoms with van der Waals surface area (Å²) >= 11 is 0. The fourth-order valence-electron chi connectivity index (χ4n) is 1.49. The Morgan fingerprint density at radius 2 is 1.73 bits per heavy atom. The first-order chi connectivity index (χ1) is 6.14. The number of rotatable bonds is 4. The Balaban J connectivity index is 0. The lowest BCUT2D eigenvalue weighted by molar-refractivity contribution is -0.897. The van der Waals surface area contributed by atoms with Crippen LogP contribution < -0.4 is 12.4 Å². The molecule has 0 amide bonds. The van der Waals surface area contributed by atoms with Crippen molar-refractivity contribution in [1.29, 1.82) is 0 Å². The van der Waals surface area contributed by atoms with Crippen molar-refractivity contribution in [3.63, 3.8) is 0 Å². The van der Waals surface area contributed by atoms with Gasteiger partial charge in [0.05, 0.1) is 20.6 Å². The van der Waals surface area contributed by atoms with Crippen LogP contribution in [0.1, 0.15) is 5.56 Å². The van der Waals surface area contributed by atoms with E-state index in [4.69, 9.17) is 0 Å². The highest BCUT2D eigenvalue weighted by atomic mass is 35.5. The quantitative estimate of drug-likeness (QED) is 0.451. The minimum absolute atomic E-state index is 0. The molecule has 0 saturated heterocycles. The van der Waals surface area contributed by atoms with Crippen LogP contribution in [-0.4, -0.2) is 30.6 Å². The number of hydrogen-bond donors (Lipinski definition) is 0. The predicted molar refractivity (Wildman–Crippen MR) is 60.9 cm³/mol. The van der Waals surface area contributed by atoms with Gasteiger partial charge in [-0.2, -0.15) is 0 Å². The van der Waals surface area contributed by atoms with Gasteiger partial charge < -0.3 is 22.4 Å². The highest BCUT2D eigenvalue weighted by molar-refractivity contribution is 5.13. The number of halogens is 1. The summed E-state index contributed by atoms with van der Waals surface area (Å²) in [5, 5.41) is 0. The van der Waals surface area contributed by atoms with Gasteiger partial charge in [-0.3, -0.25) is 0 Å². The summed E-state index contributed by atoms with van der Waals surface area (Å²) in [7, 11) is 4.43. The molecule has 3 heteroatoms. The van der Waals surface area contributed by atoms with Crippen LogP contribution in [0, 0.1) is 0 Å². The molecule has 2 N–H and O–H groups in total. The van der Waals surface area contributed by atoms with E-state index in [0.717, 1.165) is 17.6 Å². The standard InChI is InChI=1S/C12H18N.ClH.H2O/c1-4-10-13(2,3)11-12-8-6-5-7-9-12;;/h4-9H,1,10-11H2,2-3H3;1H;1H2/q+1;;/p-1. The van der Waals surface area contributed by atoms with Gasteiger partial charge in [0.1, 0.15) is 6.54 Å². The molecule has 0 heterocycles. The van der Waals surface area contributed by atoms with Gasteiger partial charge in [0.15, 0.2) is 0 Å². The van der Waals surface area contributed by atoms with Crippen LogP contribution >= 0.6 is 0 Å². The summed E-state index contributed by atoms with van der Waals surface area (Å²) in [4.78, 5) is 0. The Bertz CT molecular complexity index is 272. The van der Waals surface area contributed by atoms with E-state index in [-0.39, 0.29) is 17.9 Å². The number of benzene rings is 1. The van der Waals surface area contributed by atoms with Crippen LogP contribution in [0.25, 0.3) is 0 Å². The highest BCUT2D eigenvalue weighted by Crippen LogP contribution is 2.08. The molecule has 0 fully saturated rings. The second-order valence-electron chi connectivity index (χ2n) is 4.05. The van der Waals surface area contributed by atoms with E-state index in [0.29, 0.717) is 0 Å². The lowest BCUT2D eigenvalue weighted by Crippen LogP contribution is -3.00. The van der Waals surface area contributed by atoms with Gasteiger partial charge in [-0.1, -0.05) is 36.9 Å². The average molecular weight is 230 g/mol. The first kappa shape index (κ1) is 16.6. The van der Waals surface area contributed by atoms with Gasteiger partial charge in [0.2, 0.25) is 0 Å². The van der Waals surface area contributed by atoms with Gasteiger partial charge in [0.25, 0.3) is 0 Å². The molecule has 0 unspecified atom stereocenters. The largest absolute Gasteiger partial charge is 1.00 e. The van der Waals surface area contributed by atoms with E-state index in [9.17, 15) is 0 Å². The zero-order chi connectivity index (χ0) is 9.73. The lowest BCUT2D eigenvalue weighted by Gasteiger charge is -2.28. The number of quaternary nitrogens is 1. The minimum Gasteiger partial charge on any atom is -1.00 e. The molecule has 0 aliphatic heterocycles. The van der Waals surface area contributed by atoms with Crippen LogP contribution in [0.2, 0.25) is 0 Å². The smallest absolute Gasteiger partial charge is 0.104 e. The number of nitrogens with zero attached hydrogens (tertiary/aromatic N) is 1. The van der Waals surface area contributed by atoms with E-state index >= 15 is 0 Å². The van der Waals surface area contributed by atoms with Crippen LogP contribution in [0.15, 0.2) is 43.0 Å². The summed E-state index contributed by atoms with van der Waals surface area (Å²) < 4.78 is 0.966. The molecule has 2 nitrogen and oxygen atoms in total. The van der Waals surface area contributed by atoms with Gasteiger partial charge in [-0.25, -0.2) is 0 Å². The average Bonchev–Trinajstić information content (AvgIpc) is 2.04. The van der Waals surface area contributed by atoms with Crippen LogP contribution in [0.4, 0.5) is 0 Å². The fraction of sp³-hybridized carbons (Fsp3) is 0.333. The Hall–Kier alpha value is -0.830. The predicted octanol–water partition coefficient (Wildman–Crippen LogP) is -1.37. The van der Waals surface area contributed by atoms with Gasteiger partial charge >= 0.3 is 0 Å². The third kappa shape index (κ3) is 6.28. The third-order valence-corrected chi connectivity index (χ3v) is 2.08. The molecule has 0 bridgehead atoms. The molecule has 1 aromatic rings. The Labute approximate surface area is 98.5 Å². The van der Waals surface area contributed by atoms with Crippen molar-refractivity contribution in [2.45, 2.75) is 6.54 Å². The topological polar surface area (TPSA) is 31.5 Å². The van der Waals surface area contributed by atoms with E-state index in [1.165, 1.54) is 5.56 Å². The minimum atomic E-state index is 0. The van der Waals surface area contributed by atoms with Crippen molar-refractivity contribution >= 4 is 0 Å². The molecular formula is C12H20ClNO. The second kappa shape index (κ2) is 7.46. The maximum absolute atomic E-state index is 3.77. The highest BCUT2D eigenvalue weighted by Gasteiger charge is 2.12. The van der Waals surface area contributed by atoms with Gasteiger partial charge in [0, 0.05) is 5.56 Å². The summed E-state index contributed by atoms with van der Waals surface area (Å²) in [6.07, 6.45) is 1.98. The third-order valence-electron chi connectivity index (χ3n) is 2.08. The monoisotopic (exact) mass is 229 g/mol. The molecule has 0 radical (unpaired) electrons. The maximum Gasteiger partial charge on any atom is 0.104 e. The number of hydrogen-bond acceptors (Lipinski definition) is 0. The molecule has 1 aromatic carbocycles. The molecule has 0 aromatic heterocycles. The summed E-state index contributed by atoms with van der Waals surface area (Å²) in [6.45, 7) is 5.84. The number of likely N-dealkylation sites (N-methyl/N-ethyl adjacent to an activating group) is 1. The fourth-order valence-corrected chi connectivity index (χ4v) is 1.49. The first-order valence-electron chi connectivity index (χ1n) is 4.61. The molecule has 1 rings (SSSR count). The zero-order valence-electron chi connectivity index (χ0n) is 9.41. The Morgan fingerprint density at radius 1 is 1.20 bits per heavy atom. The van der Waals surface area contributed by atoms with Crippen LogP contribution in [0.5, 0.6) is 0 Å². The molecule has 0 aliphatic carbocycles. The molecule has 0 aliphatic rings. The molecule has 0 saturated carbocycles. The molecule has 0 atom stereocenters. The molecule has 0 spiro atoms. The van der Waals surface area contributed by atoms with Crippen molar-refractivity contribution in [3.05, 3.63) is 48.6 Å². The normalized spacial score (nSPS) is 9.73. The van der Waals surface area contributed by atoms with Crippen molar-refractivity contribution in [2.24, 2.45) is 0 Å². The SMILES string of the molecule is C=CC[N+](C)(C)Cc1ccccc1.O.[Cl-]. The van der Waals surface area contributed by atoms with Crippen molar-refractivity contribution in [2.75, 3.05) is 20.6 Å². The summed E-state index contributed by atoms with van der Waals surface area (Å²) in [5.74, 6) is 0. The van der Waals surface area contributed by atoms with E-state index in [1.54, 1.807) is 0 Å². The van der Waals surface area contributed by atoms with E-state index in [1.807, 2.05) is 6.08 Å². The first-order valence-corrected chi connectivity index (χ1v) is 4.61. The Kier molecular flexibility index (Phi) is 8.25. The van der Waals surface area contributed by atoms with Gasteiger partial charge in [-0.05, 0) is 6.08 Å². The molecule has 86 valence electrons. The van der Waals surface area contributed by atoms with Crippen molar-refractivity contribution in [3.8, 4) is 0 Å². The van der Waals surface area contributed by atoms with E-state index in [2.05, 4.69) is 51.0 Å². The Morgan fingerprint density at radius 3 is 2.20 bits per heavy atom. The van der Waals surface area contributed by atoms with Crippen molar-refractivity contribution < 1.29 is 22.4 Å². The molecule has 15 heavy (non-hydrogen) atoms. The van der Waals surface area contributed by atoms with E-state index < -0.39 is 0 Å². The summed E-state index contributed by atoms with van der Waals surface area (Å²) in [5.41, 5.74) is 1.38.